The molecule has 128 valence electrons. The minimum Gasteiger partial charge on any atom is -0.378 e. The molecule has 0 radical (unpaired) electrons. The summed E-state index contributed by atoms with van der Waals surface area (Å²) < 4.78 is 6.48. The molecule has 3 rings (SSSR count). The first-order chi connectivity index (χ1) is 11.5. The summed E-state index contributed by atoms with van der Waals surface area (Å²) in [7, 11) is 0. The standard InChI is InChI=1S/C17H22BrN5O/c1-17(2,11-12-5-3-4-6-13(12)18)14-20-15(19)22-16(21-14)23-7-9-24-10-8-23/h3-6H,7-11H2,1-2H3,(H2,19,20,21,22). The number of ether oxygens (including phenoxy) is 1. The molecule has 0 unspecified atom stereocenters. The van der Waals surface area contributed by atoms with Crippen molar-refractivity contribution in [1.29, 1.82) is 0 Å². The molecule has 1 aromatic heterocycles. The van der Waals surface area contributed by atoms with E-state index in [0.29, 0.717) is 25.0 Å². The number of rotatable bonds is 4. The lowest BCUT2D eigenvalue weighted by molar-refractivity contribution is 0.122. The molecule has 6 nitrogen and oxygen atoms in total. The van der Waals surface area contributed by atoms with E-state index in [1.165, 1.54) is 5.56 Å². The van der Waals surface area contributed by atoms with Crippen LogP contribution in [0.4, 0.5) is 11.9 Å². The minimum atomic E-state index is -0.262. The van der Waals surface area contributed by atoms with E-state index < -0.39 is 0 Å². The van der Waals surface area contributed by atoms with E-state index in [1.54, 1.807) is 0 Å². The molecule has 2 N–H and O–H groups in total. The topological polar surface area (TPSA) is 77.2 Å². The van der Waals surface area contributed by atoms with Crippen molar-refractivity contribution in [3.63, 3.8) is 0 Å². The smallest absolute Gasteiger partial charge is 0.230 e. The normalized spacial score (nSPS) is 15.5. The van der Waals surface area contributed by atoms with Crippen LogP contribution in [0, 0.1) is 0 Å². The molecule has 0 aliphatic carbocycles. The van der Waals surface area contributed by atoms with Gasteiger partial charge in [0, 0.05) is 23.0 Å². The largest absolute Gasteiger partial charge is 0.378 e. The molecule has 1 aliphatic rings. The fourth-order valence-corrected chi connectivity index (χ4v) is 3.21. The highest BCUT2D eigenvalue weighted by Gasteiger charge is 2.28. The summed E-state index contributed by atoms with van der Waals surface area (Å²) in [4.78, 5) is 15.5. The van der Waals surface area contributed by atoms with Crippen LogP contribution in [0.15, 0.2) is 28.7 Å². The van der Waals surface area contributed by atoms with Gasteiger partial charge in [-0.05, 0) is 18.1 Å². The summed E-state index contributed by atoms with van der Waals surface area (Å²) in [5.41, 5.74) is 6.91. The Bertz CT molecular complexity index is 716. The van der Waals surface area contributed by atoms with Crippen LogP contribution in [0.5, 0.6) is 0 Å². The van der Waals surface area contributed by atoms with Crippen LogP contribution < -0.4 is 10.6 Å². The van der Waals surface area contributed by atoms with Gasteiger partial charge in [0.15, 0.2) is 0 Å². The summed E-state index contributed by atoms with van der Waals surface area (Å²) in [6.07, 6.45) is 0.806. The van der Waals surface area contributed by atoms with Gasteiger partial charge in [0.05, 0.1) is 13.2 Å². The average molecular weight is 392 g/mol. The van der Waals surface area contributed by atoms with Crippen LogP contribution in [0.2, 0.25) is 0 Å². The SMILES string of the molecule is CC(C)(Cc1ccccc1Br)c1nc(N)nc(N2CCOCC2)n1. The van der Waals surface area contributed by atoms with Gasteiger partial charge in [-0.15, -0.1) is 0 Å². The first-order valence-electron chi connectivity index (χ1n) is 8.04. The second-order valence-electron chi connectivity index (χ2n) is 6.57. The van der Waals surface area contributed by atoms with Crippen LogP contribution in [-0.2, 0) is 16.6 Å². The second-order valence-corrected chi connectivity index (χ2v) is 7.42. The highest BCUT2D eigenvalue weighted by molar-refractivity contribution is 9.10. The number of nitrogens with zero attached hydrogens (tertiary/aromatic N) is 4. The number of anilines is 2. The third-order valence-corrected chi connectivity index (χ3v) is 4.90. The maximum Gasteiger partial charge on any atom is 0.230 e. The zero-order valence-corrected chi connectivity index (χ0v) is 15.6. The number of hydrogen-bond donors (Lipinski definition) is 1. The number of benzene rings is 1. The van der Waals surface area contributed by atoms with Gasteiger partial charge in [-0.3, -0.25) is 0 Å². The van der Waals surface area contributed by atoms with Crippen LogP contribution in [0.25, 0.3) is 0 Å². The van der Waals surface area contributed by atoms with Crippen LogP contribution >= 0.6 is 15.9 Å². The van der Waals surface area contributed by atoms with E-state index in [-0.39, 0.29) is 11.4 Å². The Kier molecular flexibility index (Phi) is 5.01. The van der Waals surface area contributed by atoms with Crippen LogP contribution in [0.1, 0.15) is 25.2 Å². The predicted octanol–water partition coefficient (Wildman–Crippen LogP) is 2.57. The van der Waals surface area contributed by atoms with Crippen LogP contribution in [0.3, 0.4) is 0 Å². The molecule has 1 aliphatic heterocycles. The zero-order valence-electron chi connectivity index (χ0n) is 14.0. The van der Waals surface area contributed by atoms with Crippen molar-refractivity contribution in [2.24, 2.45) is 0 Å². The van der Waals surface area contributed by atoms with Crippen molar-refractivity contribution in [3.8, 4) is 0 Å². The van der Waals surface area contributed by atoms with Gasteiger partial charge in [0.2, 0.25) is 11.9 Å². The Morgan fingerprint density at radius 3 is 2.58 bits per heavy atom. The Labute approximate surface area is 150 Å². The second kappa shape index (κ2) is 7.03. The monoisotopic (exact) mass is 391 g/mol. The van der Waals surface area contributed by atoms with Gasteiger partial charge in [-0.1, -0.05) is 48.0 Å². The van der Waals surface area contributed by atoms with Gasteiger partial charge >= 0.3 is 0 Å². The van der Waals surface area contributed by atoms with E-state index in [4.69, 9.17) is 15.5 Å². The molecule has 0 saturated carbocycles. The molecule has 0 bridgehead atoms. The highest BCUT2D eigenvalue weighted by atomic mass is 79.9. The van der Waals surface area contributed by atoms with E-state index in [0.717, 1.165) is 24.0 Å². The summed E-state index contributed by atoms with van der Waals surface area (Å²) in [6, 6.07) is 8.21. The number of nitrogen functional groups attached to an aromatic ring is 1. The lowest BCUT2D eigenvalue weighted by atomic mass is 9.85. The summed E-state index contributed by atoms with van der Waals surface area (Å²) in [5, 5.41) is 0. The Morgan fingerprint density at radius 2 is 1.88 bits per heavy atom. The quantitative estimate of drug-likeness (QED) is 0.862. The molecule has 1 aromatic carbocycles. The number of halogens is 1. The van der Waals surface area contributed by atoms with Gasteiger partial charge in [-0.25, -0.2) is 0 Å². The summed E-state index contributed by atoms with van der Waals surface area (Å²) >= 11 is 3.61. The van der Waals surface area contributed by atoms with E-state index in [1.807, 2.05) is 18.2 Å². The van der Waals surface area contributed by atoms with Crippen molar-refractivity contribution >= 4 is 27.8 Å². The number of hydrogen-bond acceptors (Lipinski definition) is 6. The molecular formula is C17H22BrN5O. The van der Waals surface area contributed by atoms with Crippen molar-refractivity contribution in [2.45, 2.75) is 25.7 Å². The minimum absolute atomic E-state index is 0.262. The highest BCUT2D eigenvalue weighted by Crippen LogP contribution is 2.29. The van der Waals surface area contributed by atoms with Crippen molar-refractivity contribution in [3.05, 3.63) is 40.1 Å². The number of nitrogens with two attached hydrogens (primary N) is 1. The predicted molar refractivity (Wildman–Crippen MR) is 98.1 cm³/mol. The average Bonchev–Trinajstić information content (AvgIpc) is 2.57. The molecule has 0 amide bonds. The molecule has 1 saturated heterocycles. The lowest BCUT2D eigenvalue weighted by Crippen LogP contribution is -2.38. The molecule has 7 heteroatoms. The Morgan fingerprint density at radius 1 is 1.17 bits per heavy atom. The van der Waals surface area contributed by atoms with E-state index >= 15 is 0 Å². The molecule has 2 heterocycles. The van der Waals surface area contributed by atoms with Crippen LogP contribution in [-0.4, -0.2) is 41.3 Å². The van der Waals surface area contributed by atoms with Gasteiger partial charge in [0.1, 0.15) is 5.82 Å². The maximum absolute atomic E-state index is 5.96. The Hall–Kier alpha value is -1.73. The summed E-state index contributed by atoms with van der Waals surface area (Å²) in [6.45, 7) is 7.16. The fraction of sp³-hybridized carbons (Fsp3) is 0.471. The van der Waals surface area contributed by atoms with Gasteiger partial charge in [0.25, 0.3) is 0 Å². The third-order valence-electron chi connectivity index (χ3n) is 4.13. The maximum atomic E-state index is 5.96. The molecular weight excluding hydrogens is 370 g/mol. The molecule has 0 spiro atoms. The molecule has 1 fully saturated rings. The Balaban J connectivity index is 1.89. The lowest BCUT2D eigenvalue weighted by Gasteiger charge is -2.29. The summed E-state index contributed by atoms with van der Waals surface area (Å²) in [5.74, 6) is 1.62. The molecule has 0 atom stereocenters. The van der Waals surface area contributed by atoms with Crippen molar-refractivity contribution in [2.75, 3.05) is 36.9 Å². The van der Waals surface area contributed by atoms with E-state index in [2.05, 4.69) is 50.7 Å². The molecule has 2 aromatic rings. The van der Waals surface area contributed by atoms with Gasteiger partial charge < -0.3 is 15.4 Å². The first kappa shape index (κ1) is 17.1. The van der Waals surface area contributed by atoms with E-state index in [9.17, 15) is 0 Å². The third kappa shape index (κ3) is 3.84. The molecule has 24 heavy (non-hydrogen) atoms. The first-order valence-corrected chi connectivity index (χ1v) is 8.83. The van der Waals surface area contributed by atoms with Gasteiger partial charge in [-0.2, -0.15) is 15.0 Å². The number of aromatic nitrogens is 3. The zero-order chi connectivity index (χ0) is 17.2. The van der Waals surface area contributed by atoms with Crippen molar-refractivity contribution < 1.29 is 4.74 Å². The van der Waals surface area contributed by atoms with Crippen molar-refractivity contribution in [1.82, 2.24) is 15.0 Å². The fourth-order valence-electron chi connectivity index (χ4n) is 2.79. The number of morpholine rings is 1.